The monoisotopic (exact) mass is 384 g/mol. The van der Waals surface area contributed by atoms with E-state index in [9.17, 15) is 14.4 Å². The van der Waals surface area contributed by atoms with E-state index in [1.165, 1.54) is 14.2 Å². The highest BCUT2D eigenvalue weighted by molar-refractivity contribution is 9.10. The van der Waals surface area contributed by atoms with Crippen molar-refractivity contribution >= 4 is 33.8 Å². The zero-order chi connectivity index (χ0) is 17.4. The Labute approximate surface area is 142 Å². The maximum absolute atomic E-state index is 12.3. The van der Waals surface area contributed by atoms with E-state index in [0.717, 1.165) is 4.47 Å². The molecule has 1 aliphatic rings. The van der Waals surface area contributed by atoms with Crippen molar-refractivity contribution in [1.82, 2.24) is 0 Å². The van der Waals surface area contributed by atoms with Gasteiger partial charge >= 0.3 is 17.9 Å². The first-order valence-corrected chi connectivity index (χ1v) is 7.70. The number of benzene rings is 1. The van der Waals surface area contributed by atoms with Crippen molar-refractivity contribution in [3.63, 3.8) is 0 Å². The molecule has 23 heavy (non-hydrogen) atoms. The van der Waals surface area contributed by atoms with Gasteiger partial charge in [0.15, 0.2) is 5.92 Å². The van der Waals surface area contributed by atoms with Crippen LogP contribution in [0.2, 0.25) is 0 Å². The van der Waals surface area contributed by atoms with Gasteiger partial charge in [-0.2, -0.15) is 0 Å². The maximum atomic E-state index is 12.3. The van der Waals surface area contributed by atoms with E-state index in [0.29, 0.717) is 11.3 Å². The van der Waals surface area contributed by atoms with E-state index in [4.69, 9.17) is 14.2 Å². The van der Waals surface area contributed by atoms with Crippen molar-refractivity contribution in [3.8, 4) is 5.75 Å². The van der Waals surface area contributed by atoms with Crippen LogP contribution in [0.5, 0.6) is 5.75 Å². The molecule has 124 valence electrons. The zero-order valence-corrected chi connectivity index (χ0v) is 14.8. The summed E-state index contributed by atoms with van der Waals surface area (Å²) in [4.78, 5) is 36.7. The fourth-order valence-corrected chi connectivity index (χ4v) is 3.28. The third-order valence-corrected chi connectivity index (χ3v) is 4.54. The average molecular weight is 385 g/mol. The molecule has 0 aliphatic carbocycles. The Kier molecular flexibility index (Phi) is 4.79. The molecule has 1 heterocycles. The Bertz CT molecular complexity index is 667. The highest BCUT2D eigenvalue weighted by Gasteiger charge is 2.53. The van der Waals surface area contributed by atoms with E-state index in [-0.39, 0.29) is 0 Å². The van der Waals surface area contributed by atoms with Crippen LogP contribution in [-0.4, -0.2) is 32.1 Å². The second kappa shape index (κ2) is 6.31. The molecular weight excluding hydrogens is 368 g/mol. The van der Waals surface area contributed by atoms with Crippen LogP contribution in [0.3, 0.4) is 0 Å². The van der Waals surface area contributed by atoms with Crippen LogP contribution >= 0.6 is 15.9 Å². The third kappa shape index (κ3) is 2.97. The van der Waals surface area contributed by atoms with Gasteiger partial charge in [0.2, 0.25) is 0 Å². The number of carbonyl (C=O) groups is 3. The zero-order valence-electron chi connectivity index (χ0n) is 13.2. The highest BCUT2D eigenvalue weighted by atomic mass is 79.9. The van der Waals surface area contributed by atoms with Crippen molar-refractivity contribution in [1.29, 1.82) is 0 Å². The second-order valence-electron chi connectivity index (χ2n) is 5.80. The molecule has 1 aliphatic heterocycles. The van der Waals surface area contributed by atoms with Gasteiger partial charge in [-0.1, -0.05) is 15.9 Å². The number of ether oxygens (including phenoxy) is 3. The molecule has 6 nitrogen and oxygen atoms in total. The molecule has 0 saturated carbocycles. The Morgan fingerprint density at radius 2 is 1.87 bits per heavy atom. The van der Waals surface area contributed by atoms with Crippen LogP contribution < -0.4 is 4.74 Å². The van der Waals surface area contributed by atoms with Gasteiger partial charge in [-0.05, 0) is 32.0 Å². The summed E-state index contributed by atoms with van der Waals surface area (Å²) in [6.07, 6.45) is 0. The molecule has 0 unspecified atom stereocenters. The predicted octanol–water partition coefficient (Wildman–Crippen LogP) is 2.44. The van der Waals surface area contributed by atoms with Crippen molar-refractivity contribution in [2.24, 2.45) is 11.3 Å². The Balaban J connectivity index is 2.68. The highest BCUT2D eigenvalue weighted by Crippen LogP contribution is 2.49. The molecule has 7 heteroatoms. The van der Waals surface area contributed by atoms with Gasteiger partial charge in [-0.25, -0.2) is 0 Å². The first kappa shape index (κ1) is 17.5. The predicted molar refractivity (Wildman–Crippen MR) is 83.8 cm³/mol. The molecule has 0 aromatic heterocycles. The molecule has 0 N–H and O–H groups in total. The molecule has 2 atom stereocenters. The van der Waals surface area contributed by atoms with Crippen molar-refractivity contribution in [3.05, 3.63) is 28.2 Å². The number of esters is 3. The molecule has 0 bridgehead atoms. The summed E-state index contributed by atoms with van der Waals surface area (Å²) >= 11 is 3.36. The number of rotatable bonds is 3. The number of carbonyl (C=O) groups excluding carboxylic acids is 3. The summed E-state index contributed by atoms with van der Waals surface area (Å²) in [7, 11) is 2.45. The van der Waals surface area contributed by atoms with Gasteiger partial charge < -0.3 is 14.2 Å². The second-order valence-corrected chi connectivity index (χ2v) is 6.71. The molecule has 0 radical (unpaired) electrons. The molecule has 0 spiro atoms. The van der Waals surface area contributed by atoms with Crippen molar-refractivity contribution in [2.75, 3.05) is 14.2 Å². The number of fused-ring (bicyclic) bond motifs is 1. The standard InChI is InChI=1S/C16H17BrO6/c1-16(2,15(20)22-4)12-9-7-8(17)5-6-10(9)23-14(19)11(12)13(18)21-3/h5-7,11-12H,1-4H3/t11-,12-/m0/s1. The lowest BCUT2D eigenvalue weighted by atomic mass is 9.67. The molecule has 0 fully saturated rings. The summed E-state index contributed by atoms with van der Waals surface area (Å²) in [6, 6.07) is 5.06. The van der Waals surface area contributed by atoms with E-state index in [2.05, 4.69) is 15.9 Å². The minimum Gasteiger partial charge on any atom is -0.469 e. The van der Waals surface area contributed by atoms with E-state index in [1.54, 1.807) is 32.0 Å². The van der Waals surface area contributed by atoms with Crippen LogP contribution in [0, 0.1) is 11.3 Å². The molecule has 0 saturated heterocycles. The normalized spacial score (nSPS) is 20.3. The minimum atomic E-state index is -1.24. The van der Waals surface area contributed by atoms with Crippen LogP contribution in [0.15, 0.2) is 22.7 Å². The van der Waals surface area contributed by atoms with Gasteiger partial charge in [0.05, 0.1) is 19.6 Å². The van der Waals surface area contributed by atoms with Crippen molar-refractivity contribution < 1.29 is 28.6 Å². The summed E-state index contributed by atoms with van der Waals surface area (Å²) < 4.78 is 15.6. The van der Waals surface area contributed by atoms with Gasteiger partial charge in [0.25, 0.3) is 0 Å². The minimum absolute atomic E-state index is 0.320. The average Bonchev–Trinajstić information content (AvgIpc) is 2.52. The molecule has 1 aromatic carbocycles. The third-order valence-electron chi connectivity index (χ3n) is 4.05. The van der Waals surface area contributed by atoms with Gasteiger partial charge in [-0.15, -0.1) is 0 Å². The first-order valence-electron chi connectivity index (χ1n) is 6.91. The lowest BCUT2D eigenvalue weighted by molar-refractivity contribution is -0.163. The first-order chi connectivity index (χ1) is 10.7. The van der Waals surface area contributed by atoms with E-state index >= 15 is 0 Å². The van der Waals surface area contributed by atoms with Gasteiger partial charge in [0, 0.05) is 16.0 Å². The topological polar surface area (TPSA) is 78.9 Å². The number of methoxy groups -OCH3 is 2. The fourth-order valence-electron chi connectivity index (χ4n) is 2.90. The van der Waals surface area contributed by atoms with Crippen LogP contribution in [-0.2, 0) is 23.9 Å². The Hall–Kier alpha value is -1.89. The van der Waals surface area contributed by atoms with Gasteiger partial charge in [0.1, 0.15) is 5.75 Å². The number of hydrogen-bond donors (Lipinski definition) is 0. The number of hydrogen-bond acceptors (Lipinski definition) is 6. The van der Waals surface area contributed by atoms with Gasteiger partial charge in [-0.3, -0.25) is 14.4 Å². The molecule has 0 amide bonds. The Morgan fingerprint density at radius 3 is 2.43 bits per heavy atom. The smallest absolute Gasteiger partial charge is 0.326 e. The lowest BCUT2D eigenvalue weighted by Gasteiger charge is -2.38. The summed E-state index contributed by atoms with van der Waals surface area (Å²) in [5, 5.41) is 0. The fraction of sp³-hybridized carbons (Fsp3) is 0.438. The van der Waals surface area contributed by atoms with E-state index in [1.807, 2.05) is 0 Å². The lowest BCUT2D eigenvalue weighted by Crippen LogP contribution is -2.46. The summed E-state index contributed by atoms with van der Waals surface area (Å²) in [5.74, 6) is -3.71. The number of halogens is 1. The SMILES string of the molecule is COC(=O)[C@H]1C(=O)Oc2ccc(Br)cc2[C@@H]1C(C)(C)C(=O)OC. The maximum Gasteiger partial charge on any atom is 0.326 e. The summed E-state index contributed by atoms with van der Waals surface area (Å²) in [5.41, 5.74) is -0.562. The van der Waals surface area contributed by atoms with Crippen LogP contribution in [0.4, 0.5) is 0 Å². The summed E-state index contributed by atoms with van der Waals surface area (Å²) in [6.45, 7) is 3.26. The van der Waals surface area contributed by atoms with E-state index < -0.39 is 35.2 Å². The largest absolute Gasteiger partial charge is 0.469 e. The van der Waals surface area contributed by atoms with Crippen molar-refractivity contribution in [2.45, 2.75) is 19.8 Å². The molecular formula is C16H17BrO6. The quantitative estimate of drug-likeness (QED) is 0.452. The van der Waals surface area contributed by atoms with Crippen LogP contribution in [0.25, 0.3) is 0 Å². The molecule has 2 rings (SSSR count). The molecule has 1 aromatic rings. The Morgan fingerprint density at radius 1 is 1.22 bits per heavy atom. The van der Waals surface area contributed by atoms with Crippen LogP contribution in [0.1, 0.15) is 25.3 Å².